The van der Waals surface area contributed by atoms with Crippen LogP contribution in [-0.2, 0) is 0 Å². The van der Waals surface area contributed by atoms with Gasteiger partial charge < -0.3 is 10.0 Å². The van der Waals surface area contributed by atoms with Gasteiger partial charge in [-0.25, -0.2) is 4.39 Å². The van der Waals surface area contributed by atoms with Crippen LogP contribution in [0.4, 0.5) is 10.2 Å². The lowest BCUT2D eigenvalue weighted by Crippen LogP contribution is -2.22. The molecule has 2 N–H and O–H groups in total. The van der Waals surface area contributed by atoms with Crippen LogP contribution in [0.15, 0.2) is 6.20 Å². The molecule has 1 aliphatic heterocycles. The SMILES string of the molecule is OC1CCN(c2n[nH]cc2F)C1. The van der Waals surface area contributed by atoms with E-state index >= 15 is 0 Å². The van der Waals surface area contributed by atoms with E-state index in [-0.39, 0.29) is 11.9 Å². The zero-order valence-corrected chi connectivity index (χ0v) is 6.50. The standard InChI is InChI=1S/C7H10FN3O/c8-6-3-9-10-7(6)11-2-1-5(12)4-11/h3,5,12H,1-2,4H2,(H,9,10). The highest BCUT2D eigenvalue weighted by molar-refractivity contribution is 5.39. The van der Waals surface area contributed by atoms with Crippen molar-refractivity contribution in [2.75, 3.05) is 18.0 Å². The van der Waals surface area contributed by atoms with Crippen LogP contribution in [0, 0.1) is 5.82 Å². The highest BCUT2D eigenvalue weighted by atomic mass is 19.1. The quantitative estimate of drug-likeness (QED) is 0.631. The van der Waals surface area contributed by atoms with E-state index in [1.54, 1.807) is 4.90 Å². The molecule has 1 atom stereocenters. The lowest BCUT2D eigenvalue weighted by atomic mass is 10.3. The molecular formula is C7H10FN3O. The molecule has 5 heteroatoms. The third kappa shape index (κ3) is 1.16. The van der Waals surface area contributed by atoms with Gasteiger partial charge in [0.1, 0.15) is 0 Å². The third-order valence-electron chi connectivity index (χ3n) is 2.04. The second kappa shape index (κ2) is 2.75. The number of hydrogen-bond donors (Lipinski definition) is 2. The summed E-state index contributed by atoms with van der Waals surface area (Å²) in [6.07, 6.45) is 1.55. The largest absolute Gasteiger partial charge is 0.391 e. The molecule has 12 heavy (non-hydrogen) atoms. The Morgan fingerprint density at radius 1 is 1.75 bits per heavy atom. The first kappa shape index (κ1) is 7.54. The fourth-order valence-electron chi connectivity index (χ4n) is 1.42. The van der Waals surface area contributed by atoms with E-state index in [1.165, 1.54) is 6.20 Å². The first-order chi connectivity index (χ1) is 5.77. The molecule has 0 amide bonds. The molecule has 0 bridgehead atoms. The topological polar surface area (TPSA) is 52.1 Å². The van der Waals surface area contributed by atoms with Gasteiger partial charge in [0.15, 0.2) is 11.6 Å². The minimum atomic E-state index is -0.357. The maximum absolute atomic E-state index is 12.9. The van der Waals surface area contributed by atoms with E-state index in [9.17, 15) is 9.50 Å². The van der Waals surface area contributed by atoms with Gasteiger partial charge in [0.05, 0.1) is 12.3 Å². The molecule has 1 saturated heterocycles. The summed E-state index contributed by atoms with van der Waals surface area (Å²) in [5.41, 5.74) is 0. The number of anilines is 1. The van der Waals surface area contributed by atoms with E-state index < -0.39 is 0 Å². The van der Waals surface area contributed by atoms with Crippen molar-refractivity contribution >= 4 is 5.82 Å². The molecule has 1 unspecified atom stereocenters. The van der Waals surface area contributed by atoms with Crippen molar-refractivity contribution in [3.8, 4) is 0 Å². The number of nitrogens with zero attached hydrogens (tertiary/aromatic N) is 2. The van der Waals surface area contributed by atoms with Gasteiger partial charge in [0.25, 0.3) is 0 Å². The van der Waals surface area contributed by atoms with Gasteiger partial charge in [-0.1, -0.05) is 0 Å². The molecule has 0 aliphatic carbocycles. The summed E-state index contributed by atoms with van der Waals surface area (Å²) < 4.78 is 12.9. The van der Waals surface area contributed by atoms with Gasteiger partial charge >= 0.3 is 0 Å². The van der Waals surface area contributed by atoms with Crippen molar-refractivity contribution in [1.82, 2.24) is 10.2 Å². The molecule has 0 spiro atoms. The van der Waals surface area contributed by atoms with E-state index in [0.29, 0.717) is 25.3 Å². The molecule has 2 heterocycles. The number of aliphatic hydroxyl groups is 1. The Bertz CT molecular complexity index is 275. The molecule has 0 aromatic carbocycles. The van der Waals surface area contributed by atoms with Gasteiger partial charge in [-0.15, -0.1) is 0 Å². The van der Waals surface area contributed by atoms with Crippen LogP contribution in [-0.4, -0.2) is 34.5 Å². The molecule has 2 rings (SSSR count). The molecule has 1 aromatic heterocycles. The lowest BCUT2D eigenvalue weighted by Gasteiger charge is -2.13. The van der Waals surface area contributed by atoms with Crippen molar-refractivity contribution < 1.29 is 9.50 Å². The predicted octanol–water partition coefficient (Wildman–Crippen LogP) is 0.120. The van der Waals surface area contributed by atoms with Crippen molar-refractivity contribution in [3.63, 3.8) is 0 Å². The van der Waals surface area contributed by atoms with Gasteiger partial charge in [-0.3, -0.25) is 5.10 Å². The molecule has 0 radical (unpaired) electrons. The van der Waals surface area contributed by atoms with Crippen LogP contribution in [0.2, 0.25) is 0 Å². The monoisotopic (exact) mass is 171 g/mol. The highest BCUT2D eigenvalue weighted by Crippen LogP contribution is 2.20. The third-order valence-corrected chi connectivity index (χ3v) is 2.04. The molecule has 1 aromatic rings. The fraction of sp³-hybridized carbons (Fsp3) is 0.571. The maximum atomic E-state index is 12.9. The average molecular weight is 171 g/mol. The van der Waals surface area contributed by atoms with Crippen LogP contribution in [0.1, 0.15) is 6.42 Å². The second-order valence-corrected chi connectivity index (χ2v) is 2.95. The minimum Gasteiger partial charge on any atom is -0.391 e. The molecule has 4 nitrogen and oxygen atoms in total. The Morgan fingerprint density at radius 2 is 2.58 bits per heavy atom. The summed E-state index contributed by atoms with van der Waals surface area (Å²) in [6.45, 7) is 1.14. The van der Waals surface area contributed by atoms with Crippen molar-refractivity contribution in [1.29, 1.82) is 0 Å². The fourth-order valence-corrected chi connectivity index (χ4v) is 1.42. The van der Waals surface area contributed by atoms with E-state index in [2.05, 4.69) is 10.2 Å². The summed E-state index contributed by atoms with van der Waals surface area (Å²) in [5, 5.41) is 15.4. The maximum Gasteiger partial charge on any atom is 0.186 e. The van der Waals surface area contributed by atoms with Crippen molar-refractivity contribution in [2.45, 2.75) is 12.5 Å². The molecule has 1 fully saturated rings. The normalized spacial score (nSPS) is 23.5. The summed E-state index contributed by atoms with van der Waals surface area (Å²) >= 11 is 0. The summed E-state index contributed by atoms with van der Waals surface area (Å²) in [6, 6.07) is 0. The van der Waals surface area contributed by atoms with Crippen molar-refractivity contribution in [3.05, 3.63) is 12.0 Å². The minimum absolute atomic E-state index is 0.312. The molecule has 0 saturated carbocycles. The lowest BCUT2D eigenvalue weighted by molar-refractivity contribution is 0.198. The van der Waals surface area contributed by atoms with Gasteiger partial charge in [-0.05, 0) is 6.42 Å². The number of nitrogens with one attached hydrogen (secondary N) is 1. The van der Waals surface area contributed by atoms with Crippen LogP contribution in [0.25, 0.3) is 0 Å². The predicted molar refractivity (Wildman–Crippen MR) is 41.4 cm³/mol. The van der Waals surface area contributed by atoms with Crippen LogP contribution < -0.4 is 4.90 Å². The van der Waals surface area contributed by atoms with Crippen LogP contribution in [0.3, 0.4) is 0 Å². The average Bonchev–Trinajstić information content (AvgIpc) is 2.58. The van der Waals surface area contributed by atoms with Crippen molar-refractivity contribution in [2.24, 2.45) is 0 Å². The number of H-pyrrole nitrogens is 1. The number of hydrogen-bond acceptors (Lipinski definition) is 3. The Morgan fingerprint density at radius 3 is 3.08 bits per heavy atom. The van der Waals surface area contributed by atoms with E-state index in [1.807, 2.05) is 0 Å². The Kier molecular flexibility index (Phi) is 1.73. The second-order valence-electron chi connectivity index (χ2n) is 2.95. The molecular weight excluding hydrogens is 161 g/mol. The molecule has 1 aliphatic rings. The first-order valence-electron chi connectivity index (χ1n) is 3.89. The Labute approximate surface area is 69.0 Å². The number of aromatic amines is 1. The van der Waals surface area contributed by atoms with E-state index in [0.717, 1.165) is 0 Å². The number of aromatic nitrogens is 2. The Hall–Kier alpha value is -1.10. The number of rotatable bonds is 1. The number of β-amino-alcohol motifs (C(OH)–C–C–N with tert-alkyl or cyclic N) is 1. The summed E-state index contributed by atoms with van der Waals surface area (Å²) in [5.74, 6) is -0.0457. The van der Waals surface area contributed by atoms with E-state index in [4.69, 9.17) is 0 Å². The first-order valence-corrected chi connectivity index (χ1v) is 3.89. The zero-order chi connectivity index (χ0) is 8.55. The number of aliphatic hydroxyl groups excluding tert-OH is 1. The molecule has 66 valence electrons. The summed E-state index contributed by atoms with van der Waals surface area (Å²) in [7, 11) is 0. The van der Waals surface area contributed by atoms with Gasteiger partial charge in [0, 0.05) is 13.1 Å². The van der Waals surface area contributed by atoms with Crippen LogP contribution in [0.5, 0.6) is 0 Å². The van der Waals surface area contributed by atoms with Gasteiger partial charge in [0.2, 0.25) is 0 Å². The smallest absolute Gasteiger partial charge is 0.186 e. The Balaban J connectivity index is 2.16. The summed E-state index contributed by atoms with van der Waals surface area (Å²) in [4.78, 5) is 1.73. The highest BCUT2D eigenvalue weighted by Gasteiger charge is 2.23. The van der Waals surface area contributed by atoms with Crippen LogP contribution >= 0.6 is 0 Å². The van der Waals surface area contributed by atoms with Gasteiger partial charge in [-0.2, -0.15) is 5.10 Å². The number of halogens is 1. The zero-order valence-electron chi connectivity index (χ0n) is 6.50.